The molecule has 1 aliphatic rings. The fourth-order valence-electron chi connectivity index (χ4n) is 1.67. The van der Waals surface area contributed by atoms with Crippen LogP contribution in [0.25, 0.3) is 0 Å². The predicted molar refractivity (Wildman–Crippen MR) is 54.7 cm³/mol. The number of rotatable bonds is 2. The zero-order valence-electron chi connectivity index (χ0n) is 8.86. The number of sulfone groups is 1. The van der Waals surface area contributed by atoms with Gasteiger partial charge in [0.1, 0.15) is 0 Å². The highest BCUT2D eigenvalue weighted by Crippen LogP contribution is 2.17. The molecule has 1 atom stereocenters. The molecule has 1 fully saturated rings. The van der Waals surface area contributed by atoms with Crippen LogP contribution in [0.2, 0.25) is 0 Å². The molecular weight excluding hydrogens is 202 g/mol. The molecular formula is C9H17NO3S. The minimum absolute atomic E-state index is 0.0205. The van der Waals surface area contributed by atoms with Crippen molar-refractivity contribution in [2.24, 2.45) is 5.92 Å². The lowest BCUT2D eigenvalue weighted by molar-refractivity contribution is -0.134. The Morgan fingerprint density at radius 3 is 2.36 bits per heavy atom. The first-order valence-electron chi connectivity index (χ1n) is 4.80. The highest BCUT2D eigenvalue weighted by molar-refractivity contribution is 7.91. The SMILES string of the molecule is CC(C)C(=O)N(C)C1CCS(=O)(=O)C1. The summed E-state index contributed by atoms with van der Waals surface area (Å²) >= 11 is 0. The smallest absolute Gasteiger partial charge is 0.225 e. The first kappa shape index (κ1) is 11.5. The van der Waals surface area contributed by atoms with Crippen molar-refractivity contribution in [3.63, 3.8) is 0 Å². The summed E-state index contributed by atoms with van der Waals surface area (Å²) in [5.41, 5.74) is 0. The second-order valence-electron chi connectivity index (χ2n) is 4.16. The minimum atomic E-state index is -2.89. The van der Waals surface area contributed by atoms with Gasteiger partial charge in [-0.05, 0) is 6.42 Å². The largest absolute Gasteiger partial charge is 0.342 e. The molecule has 0 radical (unpaired) electrons. The van der Waals surface area contributed by atoms with Crippen molar-refractivity contribution in [1.29, 1.82) is 0 Å². The van der Waals surface area contributed by atoms with Crippen molar-refractivity contribution in [2.75, 3.05) is 18.6 Å². The molecule has 0 spiro atoms. The van der Waals surface area contributed by atoms with Gasteiger partial charge in [-0.3, -0.25) is 4.79 Å². The van der Waals surface area contributed by atoms with Gasteiger partial charge in [0.15, 0.2) is 9.84 Å². The molecule has 14 heavy (non-hydrogen) atoms. The first-order valence-corrected chi connectivity index (χ1v) is 6.63. The normalized spacial score (nSPS) is 25.3. The van der Waals surface area contributed by atoms with Gasteiger partial charge in [-0.25, -0.2) is 8.42 Å². The summed E-state index contributed by atoms with van der Waals surface area (Å²) in [6, 6.07) is -0.116. The second-order valence-corrected chi connectivity index (χ2v) is 6.39. The van der Waals surface area contributed by atoms with Gasteiger partial charge >= 0.3 is 0 Å². The standard InChI is InChI=1S/C9H17NO3S/c1-7(2)9(11)10(3)8-4-5-14(12,13)6-8/h7-8H,4-6H2,1-3H3. The third-order valence-electron chi connectivity index (χ3n) is 2.60. The van der Waals surface area contributed by atoms with E-state index >= 15 is 0 Å². The van der Waals surface area contributed by atoms with Crippen LogP contribution in [0.5, 0.6) is 0 Å². The molecule has 0 aromatic heterocycles. The van der Waals surface area contributed by atoms with Gasteiger partial charge in [-0.15, -0.1) is 0 Å². The van der Waals surface area contributed by atoms with Crippen LogP contribution in [-0.4, -0.2) is 43.8 Å². The number of carbonyl (C=O) groups excluding carboxylic acids is 1. The molecule has 0 aromatic rings. The Hall–Kier alpha value is -0.580. The van der Waals surface area contributed by atoms with Crippen LogP contribution < -0.4 is 0 Å². The van der Waals surface area contributed by atoms with E-state index in [4.69, 9.17) is 0 Å². The summed E-state index contributed by atoms with van der Waals surface area (Å²) in [7, 11) is -1.21. The molecule has 1 saturated heterocycles. The second kappa shape index (κ2) is 3.88. The maximum Gasteiger partial charge on any atom is 0.225 e. The Morgan fingerprint density at radius 1 is 1.43 bits per heavy atom. The van der Waals surface area contributed by atoms with E-state index in [2.05, 4.69) is 0 Å². The molecule has 1 heterocycles. The molecule has 0 bridgehead atoms. The fourth-order valence-corrected chi connectivity index (χ4v) is 3.44. The summed E-state index contributed by atoms with van der Waals surface area (Å²) in [6.07, 6.45) is 0.581. The van der Waals surface area contributed by atoms with Gasteiger partial charge in [-0.2, -0.15) is 0 Å². The van der Waals surface area contributed by atoms with Crippen LogP contribution in [0.3, 0.4) is 0 Å². The average molecular weight is 219 g/mol. The van der Waals surface area contributed by atoms with E-state index < -0.39 is 9.84 Å². The predicted octanol–water partition coefficient (Wildman–Crippen LogP) is 0.288. The van der Waals surface area contributed by atoms with E-state index in [-0.39, 0.29) is 29.4 Å². The summed E-state index contributed by atoms with van der Waals surface area (Å²) < 4.78 is 22.4. The van der Waals surface area contributed by atoms with E-state index in [0.717, 1.165) is 0 Å². The molecule has 0 saturated carbocycles. The molecule has 1 rings (SSSR count). The molecule has 1 amide bonds. The van der Waals surface area contributed by atoms with Gasteiger partial charge in [0.05, 0.1) is 11.5 Å². The molecule has 1 unspecified atom stereocenters. The van der Waals surface area contributed by atoms with E-state index in [9.17, 15) is 13.2 Å². The highest BCUT2D eigenvalue weighted by Gasteiger charge is 2.33. The maximum absolute atomic E-state index is 11.6. The fraction of sp³-hybridized carbons (Fsp3) is 0.889. The average Bonchev–Trinajstić information content (AvgIpc) is 2.43. The van der Waals surface area contributed by atoms with Crippen LogP contribution in [-0.2, 0) is 14.6 Å². The number of hydrogen-bond acceptors (Lipinski definition) is 3. The van der Waals surface area contributed by atoms with Crippen molar-refractivity contribution in [3.8, 4) is 0 Å². The van der Waals surface area contributed by atoms with Crippen LogP contribution in [0.15, 0.2) is 0 Å². The van der Waals surface area contributed by atoms with Crippen LogP contribution in [0, 0.1) is 5.92 Å². The number of nitrogens with zero attached hydrogens (tertiary/aromatic N) is 1. The summed E-state index contributed by atoms with van der Waals surface area (Å²) in [4.78, 5) is 13.2. The quantitative estimate of drug-likeness (QED) is 0.670. The van der Waals surface area contributed by atoms with Crippen LogP contribution in [0.1, 0.15) is 20.3 Å². The molecule has 4 nitrogen and oxygen atoms in total. The zero-order valence-corrected chi connectivity index (χ0v) is 9.67. The molecule has 82 valence electrons. The van der Waals surface area contributed by atoms with Gasteiger partial charge in [0.25, 0.3) is 0 Å². The van der Waals surface area contributed by atoms with Crippen molar-refractivity contribution < 1.29 is 13.2 Å². The zero-order chi connectivity index (χ0) is 10.9. The van der Waals surface area contributed by atoms with Gasteiger partial charge in [0.2, 0.25) is 5.91 Å². The van der Waals surface area contributed by atoms with Crippen LogP contribution in [0.4, 0.5) is 0 Å². The Morgan fingerprint density at radius 2 is 2.00 bits per heavy atom. The summed E-state index contributed by atoms with van der Waals surface area (Å²) in [5, 5.41) is 0. The molecule has 0 aliphatic carbocycles. The monoisotopic (exact) mass is 219 g/mol. The van der Waals surface area contributed by atoms with E-state index in [0.29, 0.717) is 6.42 Å². The third kappa shape index (κ3) is 2.47. The highest BCUT2D eigenvalue weighted by atomic mass is 32.2. The Balaban J connectivity index is 2.64. The van der Waals surface area contributed by atoms with Gasteiger partial charge in [0, 0.05) is 19.0 Å². The molecule has 5 heteroatoms. The Bertz CT molecular complexity index is 321. The Labute approximate surface area is 85.2 Å². The van der Waals surface area contributed by atoms with Crippen molar-refractivity contribution in [1.82, 2.24) is 4.90 Å². The lowest BCUT2D eigenvalue weighted by Gasteiger charge is -2.25. The Kier molecular flexibility index (Phi) is 3.19. The minimum Gasteiger partial charge on any atom is -0.342 e. The van der Waals surface area contributed by atoms with Gasteiger partial charge in [-0.1, -0.05) is 13.8 Å². The lowest BCUT2D eigenvalue weighted by Crippen LogP contribution is -2.40. The molecule has 0 aromatic carbocycles. The van der Waals surface area contributed by atoms with Crippen molar-refractivity contribution in [3.05, 3.63) is 0 Å². The van der Waals surface area contributed by atoms with E-state index in [1.807, 2.05) is 13.8 Å². The van der Waals surface area contributed by atoms with E-state index in [1.54, 1.807) is 11.9 Å². The third-order valence-corrected chi connectivity index (χ3v) is 4.35. The summed E-state index contributed by atoms with van der Waals surface area (Å²) in [6.45, 7) is 3.64. The van der Waals surface area contributed by atoms with Crippen molar-refractivity contribution in [2.45, 2.75) is 26.3 Å². The van der Waals surface area contributed by atoms with E-state index in [1.165, 1.54) is 0 Å². The van der Waals surface area contributed by atoms with Crippen LogP contribution >= 0.6 is 0 Å². The number of carbonyl (C=O) groups is 1. The maximum atomic E-state index is 11.6. The summed E-state index contributed by atoms with van der Waals surface area (Å²) in [5.74, 6) is 0.297. The number of amides is 1. The van der Waals surface area contributed by atoms with Gasteiger partial charge < -0.3 is 4.90 Å². The topological polar surface area (TPSA) is 54.5 Å². The lowest BCUT2D eigenvalue weighted by atomic mass is 10.1. The first-order chi connectivity index (χ1) is 6.33. The van der Waals surface area contributed by atoms with Crippen molar-refractivity contribution >= 4 is 15.7 Å². The number of hydrogen-bond donors (Lipinski definition) is 0. The molecule has 0 N–H and O–H groups in total. The molecule has 1 aliphatic heterocycles.